The second-order valence-corrected chi connectivity index (χ2v) is 5.90. The second-order valence-electron chi connectivity index (χ2n) is 5.15. The van der Waals surface area contributed by atoms with E-state index in [0.29, 0.717) is 9.99 Å². The highest BCUT2D eigenvalue weighted by Crippen LogP contribution is 2.40. The summed E-state index contributed by atoms with van der Waals surface area (Å²) in [4.78, 5) is 7.93. The molecule has 0 amide bonds. The molecule has 3 unspecified atom stereocenters. The third-order valence-corrected chi connectivity index (χ3v) is 4.26. The average Bonchev–Trinajstić information content (AvgIpc) is 2.95. The molecule has 0 spiro atoms. The van der Waals surface area contributed by atoms with Crippen LogP contribution in [0.3, 0.4) is 0 Å². The number of anilines is 1. The lowest BCUT2D eigenvalue weighted by atomic mass is 9.97. The third-order valence-electron chi connectivity index (χ3n) is 3.71. The molecule has 1 aliphatic rings. The molecule has 0 saturated carbocycles. The molecule has 0 aliphatic carbocycles. The highest BCUT2D eigenvalue weighted by atomic mass is 79.9. The van der Waals surface area contributed by atoms with Gasteiger partial charge in [0.05, 0.1) is 12.0 Å². The first-order valence-electron chi connectivity index (χ1n) is 6.37. The Labute approximate surface area is 132 Å². The topological polar surface area (TPSA) is 146 Å². The fraction of sp³-hybridized carbons (Fsp3) is 0.545. The number of aromatic nitrogens is 4. The molecular weight excluding hydrogens is 362 g/mol. The molecule has 0 aromatic carbocycles. The second kappa shape index (κ2) is 5.37. The van der Waals surface area contributed by atoms with Crippen LogP contribution in [0.1, 0.15) is 13.2 Å². The maximum absolute atomic E-state index is 10.5. The SMILES string of the molecule is C[C@@]1(O)C(O)C(CO)OC1n1nc(Br)c2c(NO)ncnc21. The van der Waals surface area contributed by atoms with E-state index < -0.39 is 30.6 Å². The molecule has 5 N–H and O–H groups in total. The minimum absolute atomic E-state index is 0.125. The van der Waals surface area contributed by atoms with Gasteiger partial charge in [-0.25, -0.2) is 14.6 Å². The van der Waals surface area contributed by atoms with E-state index >= 15 is 0 Å². The standard InChI is InChI=1S/C11H14BrN5O5/c1-11(20)6(19)4(2-18)22-10(11)17-9-5(7(12)15-17)8(16-21)13-3-14-9/h3-4,6,10,18-21H,2H2,1H3,(H,13,14,16)/t4?,6?,10?,11-/m1/s1. The van der Waals surface area contributed by atoms with E-state index in [1.807, 2.05) is 5.48 Å². The smallest absolute Gasteiger partial charge is 0.183 e. The molecule has 11 heteroatoms. The number of hydrogen-bond acceptors (Lipinski definition) is 9. The van der Waals surface area contributed by atoms with E-state index in [9.17, 15) is 15.3 Å². The number of nitrogens with one attached hydrogen (secondary N) is 1. The molecular formula is C11H14BrN5O5. The van der Waals surface area contributed by atoms with Crippen LogP contribution in [0.5, 0.6) is 0 Å². The van der Waals surface area contributed by atoms with Gasteiger partial charge in [-0.3, -0.25) is 10.7 Å². The van der Waals surface area contributed by atoms with Gasteiger partial charge in [-0.15, -0.1) is 0 Å². The minimum Gasteiger partial charge on any atom is -0.394 e. The molecule has 22 heavy (non-hydrogen) atoms. The molecule has 0 bridgehead atoms. The number of rotatable bonds is 3. The van der Waals surface area contributed by atoms with Crippen molar-refractivity contribution in [1.29, 1.82) is 0 Å². The molecule has 1 saturated heterocycles. The molecule has 120 valence electrons. The monoisotopic (exact) mass is 375 g/mol. The van der Waals surface area contributed by atoms with Crippen molar-refractivity contribution in [3.63, 3.8) is 0 Å². The highest BCUT2D eigenvalue weighted by Gasteiger charge is 2.53. The Morgan fingerprint density at radius 3 is 2.82 bits per heavy atom. The summed E-state index contributed by atoms with van der Waals surface area (Å²) < 4.78 is 7.09. The molecule has 2 aromatic heterocycles. The maximum Gasteiger partial charge on any atom is 0.183 e. The largest absolute Gasteiger partial charge is 0.394 e. The Balaban J connectivity index is 2.15. The van der Waals surface area contributed by atoms with Gasteiger partial charge in [-0.05, 0) is 22.9 Å². The predicted octanol–water partition coefficient (Wildman–Crippen LogP) is -0.609. The molecule has 4 atom stereocenters. The molecule has 0 radical (unpaired) electrons. The Morgan fingerprint density at radius 2 is 2.23 bits per heavy atom. The lowest BCUT2D eigenvalue weighted by Crippen LogP contribution is -2.44. The number of hydrogen-bond donors (Lipinski definition) is 5. The van der Waals surface area contributed by atoms with Gasteiger partial charge in [0.15, 0.2) is 17.7 Å². The summed E-state index contributed by atoms with van der Waals surface area (Å²) in [6.45, 7) is 0.929. The number of halogens is 1. The Hall–Kier alpha value is -1.37. The number of aliphatic hydroxyl groups is 3. The molecule has 1 aliphatic heterocycles. The number of nitrogens with zero attached hydrogens (tertiary/aromatic N) is 4. The van der Waals surface area contributed by atoms with Gasteiger partial charge in [0.1, 0.15) is 28.7 Å². The van der Waals surface area contributed by atoms with Crippen molar-refractivity contribution < 1.29 is 25.3 Å². The first kappa shape index (κ1) is 15.5. The predicted molar refractivity (Wildman–Crippen MR) is 76.1 cm³/mol. The summed E-state index contributed by atoms with van der Waals surface area (Å²) >= 11 is 3.23. The summed E-state index contributed by atoms with van der Waals surface area (Å²) in [7, 11) is 0. The lowest BCUT2D eigenvalue weighted by molar-refractivity contribution is -0.100. The minimum atomic E-state index is -1.69. The van der Waals surface area contributed by atoms with Gasteiger partial charge in [0.2, 0.25) is 0 Å². The first-order chi connectivity index (χ1) is 10.4. The van der Waals surface area contributed by atoms with Crippen LogP contribution in [0, 0.1) is 0 Å². The maximum atomic E-state index is 10.5. The summed E-state index contributed by atoms with van der Waals surface area (Å²) in [6, 6.07) is 0. The van der Waals surface area contributed by atoms with Crippen molar-refractivity contribution in [2.45, 2.75) is 31.0 Å². The van der Waals surface area contributed by atoms with E-state index in [0.717, 1.165) is 0 Å². The molecule has 10 nitrogen and oxygen atoms in total. The zero-order chi connectivity index (χ0) is 16.1. The third kappa shape index (κ3) is 2.09. The normalized spacial score (nSPS) is 31.8. The van der Waals surface area contributed by atoms with E-state index in [4.69, 9.17) is 9.94 Å². The zero-order valence-corrected chi connectivity index (χ0v) is 13.0. The molecule has 3 heterocycles. The molecule has 2 aromatic rings. The van der Waals surface area contributed by atoms with Gasteiger partial charge in [0, 0.05) is 0 Å². The Kier molecular flexibility index (Phi) is 3.79. The Morgan fingerprint density at radius 1 is 1.50 bits per heavy atom. The van der Waals surface area contributed by atoms with Crippen LogP contribution in [-0.2, 0) is 4.74 Å². The van der Waals surface area contributed by atoms with Crippen molar-refractivity contribution in [1.82, 2.24) is 19.7 Å². The van der Waals surface area contributed by atoms with Gasteiger partial charge >= 0.3 is 0 Å². The highest BCUT2D eigenvalue weighted by molar-refractivity contribution is 9.10. The quantitative estimate of drug-likeness (QED) is 0.443. The van der Waals surface area contributed by atoms with Crippen LogP contribution in [0.25, 0.3) is 11.0 Å². The van der Waals surface area contributed by atoms with Crippen LogP contribution >= 0.6 is 15.9 Å². The molecule has 3 rings (SSSR count). The van der Waals surface area contributed by atoms with Crippen LogP contribution in [0.15, 0.2) is 10.9 Å². The van der Waals surface area contributed by atoms with Gasteiger partial charge in [0.25, 0.3) is 0 Å². The summed E-state index contributed by atoms with van der Waals surface area (Å²) in [5, 5.41) is 43.5. The number of ether oxygens (including phenoxy) is 1. The number of fused-ring (bicyclic) bond motifs is 1. The van der Waals surface area contributed by atoms with E-state index in [2.05, 4.69) is 31.0 Å². The van der Waals surface area contributed by atoms with Crippen molar-refractivity contribution in [3.05, 3.63) is 10.9 Å². The van der Waals surface area contributed by atoms with E-state index in [1.54, 1.807) is 0 Å². The van der Waals surface area contributed by atoms with Crippen LogP contribution in [0.2, 0.25) is 0 Å². The number of aliphatic hydroxyl groups excluding tert-OH is 2. The fourth-order valence-electron chi connectivity index (χ4n) is 2.53. The van der Waals surface area contributed by atoms with Gasteiger partial charge in [-0.2, -0.15) is 5.10 Å². The van der Waals surface area contributed by atoms with Crippen molar-refractivity contribution in [2.75, 3.05) is 12.1 Å². The fourth-order valence-corrected chi connectivity index (χ4v) is 3.06. The van der Waals surface area contributed by atoms with Crippen molar-refractivity contribution in [3.8, 4) is 0 Å². The summed E-state index contributed by atoms with van der Waals surface area (Å²) in [5.74, 6) is 0.125. The van der Waals surface area contributed by atoms with Crippen LogP contribution < -0.4 is 5.48 Å². The lowest BCUT2D eigenvalue weighted by Gasteiger charge is -2.26. The summed E-state index contributed by atoms with van der Waals surface area (Å²) in [5.41, 5.74) is 0.519. The zero-order valence-electron chi connectivity index (χ0n) is 11.4. The van der Waals surface area contributed by atoms with Crippen LogP contribution in [0.4, 0.5) is 5.82 Å². The summed E-state index contributed by atoms with van der Waals surface area (Å²) in [6.07, 6.45) is -2.11. The first-order valence-corrected chi connectivity index (χ1v) is 7.16. The van der Waals surface area contributed by atoms with Gasteiger partial charge in [-0.1, -0.05) is 0 Å². The van der Waals surface area contributed by atoms with Gasteiger partial charge < -0.3 is 20.1 Å². The van der Waals surface area contributed by atoms with Crippen molar-refractivity contribution in [2.24, 2.45) is 0 Å². The van der Waals surface area contributed by atoms with E-state index in [-0.39, 0.29) is 11.5 Å². The average molecular weight is 376 g/mol. The van der Waals surface area contributed by atoms with Crippen LogP contribution in [-0.4, -0.2) is 64.7 Å². The Bertz CT molecular complexity index is 707. The van der Waals surface area contributed by atoms with Crippen molar-refractivity contribution >= 4 is 32.8 Å². The molecule has 1 fully saturated rings. The van der Waals surface area contributed by atoms with E-state index in [1.165, 1.54) is 17.9 Å².